The minimum Gasteiger partial charge on any atom is -0.379 e. The predicted molar refractivity (Wildman–Crippen MR) is 54.8 cm³/mol. The van der Waals surface area contributed by atoms with Crippen LogP contribution in [0.2, 0.25) is 0 Å². The third kappa shape index (κ3) is 4.07. The zero-order valence-electron chi connectivity index (χ0n) is 8.67. The molecule has 0 aliphatic carbocycles. The van der Waals surface area contributed by atoms with E-state index in [0.29, 0.717) is 19.2 Å². The number of ether oxygens (including phenoxy) is 1. The highest BCUT2D eigenvalue weighted by molar-refractivity contribution is 4.72. The lowest BCUT2D eigenvalue weighted by Gasteiger charge is -2.25. The van der Waals surface area contributed by atoms with E-state index in [1.165, 1.54) is 32.2 Å². The van der Waals surface area contributed by atoms with Crippen LogP contribution in [-0.2, 0) is 4.74 Å². The molecular weight excluding hydrogens is 164 g/mol. The lowest BCUT2D eigenvalue weighted by Crippen LogP contribution is -2.35. The van der Waals surface area contributed by atoms with Gasteiger partial charge in [0.1, 0.15) is 0 Å². The highest BCUT2D eigenvalue weighted by Crippen LogP contribution is 2.14. The molecule has 3 nitrogen and oxygen atoms in total. The summed E-state index contributed by atoms with van der Waals surface area (Å²) in [5.74, 6) is 0. The van der Waals surface area contributed by atoms with Gasteiger partial charge in [0, 0.05) is 12.6 Å². The minimum absolute atomic E-state index is 0.619. The third-order valence-electron chi connectivity index (χ3n) is 2.74. The van der Waals surface area contributed by atoms with Crippen molar-refractivity contribution in [3.63, 3.8) is 0 Å². The molecule has 1 rings (SSSR count). The first-order valence-corrected chi connectivity index (χ1v) is 5.32. The highest BCUT2D eigenvalue weighted by Gasteiger charge is 2.16. The molecule has 0 aromatic carbocycles. The standard InChI is InChI=1S/C10H22N2O/c1-12-7-4-2-3-5-10(12)9-13-8-6-11/h10H,2-9,11H2,1H3. The van der Waals surface area contributed by atoms with E-state index in [1.807, 2.05) is 0 Å². The number of likely N-dealkylation sites (N-methyl/N-ethyl adjacent to an activating group) is 1. The monoisotopic (exact) mass is 186 g/mol. The lowest BCUT2D eigenvalue weighted by atomic mass is 10.1. The van der Waals surface area contributed by atoms with Crippen molar-refractivity contribution in [3.8, 4) is 0 Å². The summed E-state index contributed by atoms with van der Waals surface area (Å²) in [6, 6.07) is 0.619. The van der Waals surface area contributed by atoms with Crippen molar-refractivity contribution in [1.82, 2.24) is 4.90 Å². The maximum absolute atomic E-state index is 5.48. The van der Waals surface area contributed by atoms with Crippen molar-refractivity contribution in [1.29, 1.82) is 0 Å². The van der Waals surface area contributed by atoms with Crippen molar-refractivity contribution < 1.29 is 4.74 Å². The van der Waals surface area contributed by atoms with Gasteiger partial charge in [-0.3, -0.25) is 0 Å². The summed E-state index contributed by atoms with van der Waals surface area (Å²) < 4.78 is 5.48. The van der Waals surface area contributed by atoms with E-state index in [0.717, 1.165) is 6.61 Å². The Bertz CT molecular complexity index is 130. The van der Waals surface area contributed by atoms with Crippen LogP contribution in [0.1, 0.15) is 25.7 Å². The molecule has 1 aliphatic rings. The summed E-state index contributed by atoms with van der Waals surface area (Å²) in [5.41, 5.74) is 5.37. The van der Waals surface area contributed by atoms with E-state index in [4.69, 9.17) is 10.5 Å². The molecule has 0 aromatic rings. The van der Waals surface area contributed by atoms with Gasteiger partial charge < -0.3 is 15.4 Å². The van der Waals surface area contributed by atoms with Crippen LogP contribution in [0.4, 0.5) is 0 Å². The molecule has 3 heteroatoms. The maximum atomic E-state index is 5.48. The molecule has 13 heavy (non-hydrogen) atoms. The van der Waals surface area contributed by atoms with Crippen molar-refractivity contribution in [2.75, 3.05) is 33.4 Å². The van der Waals surface area contributed by atoms with Crippen LogP contribution in [0.25, 0.3) is 0 Å². The van der Waals surface area contributed by atoms with Crippen LogP contribution < -0.4 is 5.73 Å². The first kappa shape index (κ1) is 11.0. The largest absolute Gasteiger partial charge is 0.379 e. The Balaban J connectivity index is 2.19. The van der Waals surface area contributed by atoms with Crippen LogP contribution in [0.15, 0.2) is 0 Å². The Hall–Kier alpha value is -0.120. The fraction of sp³-hybridized carbons (Fsp3) is 1.00. The number of rotatable bonds is 4. The highest BCUT2D eigenvalue weighted by atomic mass is 16.5. The van der Waals surface area contributed by atoms with Gasteiger partial charge in [0.2, 0.25) is 0 Å². The molecule has 0 aromatic heterocycles. The average molecular weight is 186 g/mol. The van der Waals surface area contributed by atoms with Gasteiger partial charge in [-0.15, -0.1) is 0 Å². The first-order valence-electron chi connectivity index (χ1n) is 5.32. The fourth-order valence-electron chi connectivity index (χ4n) is 1.83. The number of hydrogen-bond donors (Lipinski definition) is 1. The number of nitrogens with two attached hydrogens (primary N) is 1. The molecule has 0 bridgehead atoms. The Morgan fingerprint density at radius 1 is 1.38 bits per heavy atom. The SMILES string of the molecule is CN1CCCCCC1COCCN. The maximum Gasteiger partial charge on any atom is 0.0622 e. The van der Waals surface area contributed by atoms with Crippen LogP contribution in [-0.4, -0.2) is 44.3 Å². The second-order valence-corrected chi connectivity index (χ2v) is 3.85. The summed E-state index contributed by atoms with van der Waals surface area (Å²) in [6.07, 6.45) is 5.34. The zero-order valence-corrected chi connectivity index (χ0v) is 8.67. The van der Waals surface area contributed by atoms with Gasteiger partial charge in [-0.05, 0) is 26.4 Å². The smallest absolute Gasteiger partial charge is 0.0622 e. The summed E-state index contributed by atoms with van der Waals surface area (Å²) in [4.78, 5) is 2.42. The summed E-state index contributed by atoms with van der Waals surface area (Å²) in [5, 5.41) is 0. The molecule has 1 fully saturated rings. The molecule has 1 aliphatic heterocycles. The van der Waals surface area contributed by atoms with E-state index in [-0.39, 0.29) is 0 Å². The van der Waals surface area contributed by atoms with Crippen LogP contribution in [0.5, 0.6) is 0 Å². The molecule has 0 spiro atoms. The van der Waals surface area contributed by atoms with E-state index in [2.05, 4.69) is 11.9 Å². The van der Waals surface area contributed by atoms with Gasteiger partial charge in [-0.25, -0.2) is 0 Å². The molecule has 0 radical (unpaired) electrons. The van der Waals surface area contributed by atoms with Gasteiger partial charge in [-0.1, -0.05) is 12.8 Å². The first-order chi connectivity index (χ1) is 6.34. The quantitative estimate of drug-likeness (QED) is 0.661. The minimum atomic E-state index is 0.619. The van der Waals surface area contributed by atoms with Gasteiger partial charge in [0.05, 0.1) is 13.2 Å². The zero-order chi connectivity index (χ0) is 9.52. The van der Waals surface area contributed by atoms with Crippen molar-refractivity contribution in [3.05, 3.63) is 0 Å². The lowest BCUT2D eigenvalue weighted by molar-refractivity contribution is 0.0748. The van der Waals surface area contributed by atoms with Crippen molar-refractivity contribution in [2.24, 2.45) is 5.73 Å². The molecule has 2 N–H and O–H groups in total. The van der Waals surface area contributed by atoms with Crippen molar-refractivity contribution in [2.45, 2.75) is 31.7 Å². The second kappa shape index (κ2) is 6.35. The Morgan fingerprint density at radius 2 is 2.23 bits per heavy atom. The van der Waals surface area contributed by atoms with E-state index in [9.17, 15) is 0 Å². The van der Waals surface area contributed by atoms with E-state index < -0.39 is 0 Å². The van der Waals surface area contributed by atoms with Gasteiger partial charge in [-0.2, -0.15) is 0 Å². The normalized spacial score (nSPS) is 25.8. The Kier molecular flexibility index (Phi) is 5.35. The average Bonchev–Trinajstić information content (AvgIpc) is 2.32. The summed E-state index contributed by atoms with van der Waals surface area (Å²) in [6.45, 7) is 3.41. The van der Waals surface area contributed by atoms with E-state index >= 15 is 0 Å². The van der Waals surface area contributed by atoms with Gasteiger partial charge in [0.15, 0.2) is 0 Å². The van der Waals surface area contributed by atoms with Crippen LogP contribution >= 0.6 is 0 Å². The number of nitrogens with zero attached hydrogens (tertiary/aromatic N) is 1. The van der Waals surface area contributed by atoms with Gasteiger partial charge >= 0.3 is 0 Å². The Labute approximate surface area is 81.2 Å². The second-order valence-electron chi connectivity index (χ2n) is 3.85. The van der Waals surface area contributed by atoms with Gasteiger partial charge in [0.25, 0.3) is 0 Å². The fourth-order valence-corrected chi connectivity index (χ4v) is 1.83. The molecule has 1 unspecified atom stereocenters. The van der Waals surface area contributed by atoms with Crippen LogP contribution in [0, 0.1) is 0 Å². The Morgan fingerprint density at radius 3 is 3.00 bits per heavy atom. The summed E-state index contributed by atoms with van der Waals surface area (Å²) >= 11 is 0. The topological polar surface area (TPSA) is 38.5 Å². The molecule has 1 saturated heterocycles. The molecule has 1 heterocycles. The van der Waals surface area contributed by atoms with Crippen LogP contribution in [0.3, 0.4) is 0 Å². The molecule has 0 amide bonds. The third-order valence-corrected chi connectivity index (χ3v) is 2.74. The van der Waals surface area contributed by atoms with Crippen molar-refractivity contribution >= 4 is 0 Å². The number of hydrogen-bond acceptors (Lipinski definition) is 3. The number of likely N-dealkylation sites (tertiary alicyclic amines) is 1. The molecular formula is C10H22N2O. The molecule has 1 atom stereocenters. The molecule has 78 valence electrons. The molecule has 0 saturated carbocycles. The van der Waals surface area contributed by atoms with E-state index in [1.54, 1.807) is 0 Å². The summed E-state index contributed by atoms with van der Waals surface area (Å²) in [7, 11) is 2.20. The predicted octanol–water partition coefficient (Wildman–Crippen LogP) is 0.836.